The lowest BCUT2D eigenvalue weighted by Crippen LogP contribution is -2.55. The van der Waals surface area contributed by atoms with E-state index in [2.05, 4.69) is 30.8 Å². The quantitative estimate of drug-likeness (QED) is 0.0541. The van der Waals surface area contributed by atoms with E-state index < -0.39 is 12.1 Å². The van der Waals surface area contributed by atoms with Gasteiger partial charge >= 0.3 is 0 Å². The van der Waals surface area contributed by atoms with E-state index in [-0.39, 0.29) is 58.4 Å². The molecule has 3 N–H and O–H groups in total. The molecule has 2 aliphatic heterocycles. The zero-order chi connectivity index (χ0) is 51.9. The zero-order valence-electron chi connectivity index (χ0n) is 43.1. The van der Waals surface area contributed by atoms with Crippen LogP contribution in [0, 0.1) is 12.8 Å². The Bertz CT molecular complexity index is 2900. The van der Waals surface area contributed by atoms with Crippen LogP contribution in [0.15, 0.2) is 59.0 Å². The smallest absolute Gasteiger partial charge is 0.263 e. The number of Topliss-reactive ketones (excluding diaryl/α,β-unsaturated/α-hetero) is 1. The Labute approximate surface area is 436 Å². The van der Waals surface area contributed by atoms with Crippen LogP contribution in [0.2, 0.25) is 0 Å². The van der Waals surface area contributed by atoms with Crippen molar-refractivity contribution in [2.45, 2.75) is 135 Å². The number of rotatable bonds is 19. The molecule has 1 aromatic carbocycles. The first-order valence-corrected chi connectivity index (χ1v) is 27.5. The first-order chi connectivity index (χ1) is 35.9. The molecule has 2 saturated carbocycles. The first-order valence-electron chi connectivity index (χ1n) is 26.6. The largest absolute Gasteiger partial charge is 0.494 e. The summed E-state index contributed by atoms with van der Waals surface area (Å²) in [6, 6.07) is 9.65. The number of ether oxygens (including phenoxy) is 1. The number of aryl methyl sites for hydroxylation is 1. The average molecular weight is 1030 g/mol. The van der Waals surface area contributed by atoms with E-state index in [1.807, 2.05) is 28.0 Å². The molecule has 2 saturated heterocycles. The third-order valence-corrected chi connectivity index (χ3v) is 16.4. The van der Waals surface area contributed by atoms with Gasteiger partial charge in [0.05, 0.1) is 36.1 Å². The molecule has 5 aromatic rings. The number of pyridine rings is 2. The van der Waals surface area contributed by atoms with E-state index in [4.69, 9.17) is 14.7 Å². The highest BCUT2D eigenvalue weighted by molar-refractivity contribution is 7.10. The van der Waals surface area contributed by atoms with Crippen LogP contribution in [-0.2, 0) is 14.4 Å². The van der Waals surface area contributed by atoms with Crippen molar-refractivity contribution in [3.05, 3.63) is 91.9 Å². The summed E-state index contributed by atoms with van der Waals surface area (Å²) in [6.45, 7) is 8.53. The second-order valence-corrected chi connectivity index (χ2v) is 21.2. The van der Waals surface area contributed by atoms with Crippen LogP contribution in [0.1, 0.15) is 153 Å². The van der Waals surface area contributed by atoms with Gasteiger partial charge in [-0.25, -0.2) is 15.0 Å². The number of likely N-dealkylation sites (tertiary alicyclic amines) is 1. The number of aromatic nitrogens is 5. The predicted octanol–water partition coefficient (Wildman–Crippen LogP) is 7.48. The number of anilines is 3. The molecule has 19 heteroatoms. The van der Waals surface area contributed by atoms with Crippen molar-refractivity contribution in [3.63, 3.8) is 0 Å². The minimum atomic E-state index is -0.589. The van der Waals surface area contributed by atoms with Gasteiger partial charge in [0.25, 0.3) is 5.56 Å². The summed E-state index contributed by atoms with van der Waals surface area (Å²) in [7, 11) is 1.74. The normalized spacial score (nSPS) is 18.4. The Hall–Kier alpha value is -6.60. The molecule has 3 atom stereocenters. The van der Waals surface area contributed by atoms with Gasteiger partial charge < -0.3 is 35.4 Å². The van der Waals surface area contributed by atoms with E-state index in [1.165, 1.54) is 18.3 Å². The Morgan fingerprint density at radius 1 is 0.865 bits per heavy atom. The maximum absolute atomic E-state index is 14.2. The Kier molecular flexibility index (Phi) is 16.8. The summed E-state index contributed by atoms with van der Waals surface area (Å²) in [5, 5.41) is 12.4. The lowest BCUT2D eigenvalue weighted by atomic mass is 9.83. The molecular weight excluding hydrogens is 959 g/mol. The predicted molar refractivity (Wildman–Crippen MR) is 284 cm³/mol. The standard InChI is InChI=1S/C55H69N11O7S/c1-34-42-32-58-55(62-50(42)66(39-17-8-9-18-39)53(71)47(34)36(3)67)60-45-23-22-40(31-57-45)63-25-27-64(28-26-63)46(68)21-10-11-29-73-41-19-12-16-38(30-41)49(69)43-33-74-52(59-43)44-20-13-24-65(44)54(72)48(37-14-6-5-7-15-37)61-51(70)35(2)56-4/h12,16,19,22-23,30-33,35,37,39,44,48,56H,5-11,13-15,17-18,20-21,24-29H2,1-4H3,(H,61,70)(H,57,58,60,62)/t35-,44-,48-/m0/s1. The van der Waals surface area contributed by atoms with E-state index in [0.29, 0.717) is 104 Å². The van der Waals surface area contributed by atoms with Crippen molar-refractivity contribution in [1.82, 2.24) is 44.9 Å². The summed E-state index contributed by atoms with van der Waals surface area (Å²) < 4.78 is 7.75. The number of hydrogen-bond acceptors (Lipinski definition) is 15. The van der Waals surface area contributed by atoms with Crippen molar-refractivity contribution in [2.24, 2.45) is 5.92 Å². The molecule has 6 heterocycles. The molecule has 0 bridgehead atoms. The summed E-state index contributed by atoms with van der Waals surface area (Å²) >= 11 is 1.39. The van der Waals surface area contributed by atoms with E-state index in [0.717, 1.165) is 81.3 Å². The zero-order valence-corrected chi connectivity index (χ0v) is 43.9. The number of nitrogens with one attached hydrogen (secondary N) is 3. The lowest BCUT2D eigenvalue weighted by Gasteiger charge is -2.36. The van der Waals surface area contributed by atoms with Crippen molar-refractivity contribution in [2.75, 3.05) is 56.6 Å². The third kappa shape index (κ3) is 11.7. The highest BCUT2D eigenvalue weighted by Gasteiger charge is 2.40. The van der Waals surface area contributed by atoms with Crippen LogP contribution in [0.4, 0.5) is 17.5 Å². The highest BCUT2D eigenvalue weighted by Crippen LogP contribution is 2.37. The number of hydrogen-bond donors (Lipinski definition) is 3. The Balaban J connectivity index is 0.719. The number of benzene rings is 1. The first kappa shape index (κ1) is 52.3. The number of nitrogens with zero attached hydrogens (tertiary/aromatic N) is 8. The number of carbonyl (C=O) groups excluding carboxylic acids is 5. The van der Waals surface area contributed by atoms with Crippen LogP contribution >= 0.6 is 11.3 Å². The molecule has 0 radical (unpaired) electrons. The fourth-order valence-electron chi connectivity index (χ4n) is 11.2. The fourth-order valence-corrected chi connectivity index (χ4v) is 12.1. The second kappa shape index (κ2) is 23.7. The van der Waals surface area contributed by atoms with Crippen LogP contribution < -0.4 is 31.1 Å². The van der Waals surface area contributed by atoms with Crippen molar-refractivity contribution in [1.29, 1.82) is 0 Å². The van der Waals surface area contributed by atoms with Gasteiger partial charge in [-0.05, 0) is 115 Å². The minimum Gasteiger partial charge on any atom is -0.494 e. The summed E-state index contributed by atoms with van der Waals surface area (Å²) in [5.41, 5.74) is 2.75. The third-order valence-electron chi connectivity index (χ3n) is 15.5. The molecule has 0 unspecified atom stereocenters. The molecule has 18 nitrogen and oxygen atoms in total. The van der Waals surface area contributed by atoms with Crippen LogP contribution in [-0.4, -0.2) is 122 Å². The molecule has 0 spiro atoms. The maximum Gasteiger partial charge on any atom is 0.263 e. The Morgan fingerprint density at radius 2 is 1.64 bits per heavy atom. The SMILES string of the molecule is CN[C@@H](C)C(=O)N[C@H](C(=O)N1CCC[C@H]1c1nc(C(=O)c2cccc(OCCCCC(=O)N3CCN(c4ccc(Nc5ncc6c(C)c(C(C)=O)c(=O)n(C7CCCC7)c6n5)nc4)CC3)c2)cs1)C1CCCCC1. The van der Waals surface area contributed by atoms with Crippen molar-refractivity contribution >= 4 is 69.1 Å². The number of thiazole rings is 1. The Morgan fingerprint density at radius 3 is 2.36 bits per heavy atom. The molecule has 4 aliphatic rings. The minimum absolute atomic E-state index is 0.0131. The molecule has 4 fully saturated rings. The average Bonchev–Trinajstić information content (AvgIpc) is 4.25. The molecule has 392 valence electrons. The van der Waals surface area contributed by atoms with E-state index in [9.17, 15) is 28.8 Å². The van der Waals surface area contributed by atoms with Gasteiger partial charge in [-0.1, -0.05) is 44.2 Å². The van der Waals surface area contributed by atoms with Crippen LogP contribution in [0.3, 0.4) is 0 Å². The molecule has 74 heavy (non-hydrogen) atoms. The number of amides is 3. The van der Waals surface area contributed by atoms with Crippen molar-refractivity contribution < 1.29 is 28.7 Å². The molecule has 3 amide bonds. The molecule has 2 aliphatic carbocycles. The topological polar surface area (TPSA) is 214 Å². The number of fused-ring (bicyclic) bond motifs is 1. The fraction of sp³-hybridized carbons (Fsp3) is 0.527. The van der Waals surface area contributed by atoms with Gasteiger partial charge in [0.15, 0.2) is 5.78 Å². The van der Waals surface area contributed by atoms with E-state index >= 15 is 0 Å². The van der Waals surface area contributed by atoms with Crippen LogP contribution in [0.25, 0.3) is 11.0 Å². The highest BCUT2D eigenvalue weighted by atomic mass is 32.1. The van der Waals surface area contributed by atoms with Crippen molar-refractivity contribution in [3.8, 4) is 5.75 Å². The lowest BCUT2D eigenvalue weighted by molar-refractivity contribution is -0.139. The number of piperazine rings is 1. The number of ketones is 2. The molecular formula is C55H69N11O7S. The maximum atomic E-state index is 14.2. The van der Waals surface area contributed by atoms with Crippen LogP contribution in [0.5, 0.6) is 5.75 Å². The number of unbranched alkanes of at least 4 members (excludes halogenated alkanes) is 1. The molecule has 9 rings (SSSR count). The van der Waals surface area contributed by atoms with E-state index in [1.54, 1.807) is 61.4 Å². The monoisotopic (exact) mass is 1030 g/mol. The molecule has 4 aromatic heterocycles. The van der Waals surface area contributed by atoms with Gasteiger partial charge in [-0.2, -0.15) is 4.98 Å². The number of carbonyl (C=O) groups is 5. The van der Waals surface area contributed by atoms with Gasteiger partial charge in [-0.3, -0.25) is 33.3 Å². The summed E-state index contributed by atoms with van der Waals surface area (Å²) in [6.07, 6.45) is 15.6. The second-order valence-electron chi connectivity index (χ2n) is 20.3. The number of likely N-dealkylation sites (N-methyl/N-ethyl adjacent to an activating group) is 1. The summed E-state index contributed by atoms with van der Waals surface area (Å²) in [5.74, 6) is 0.907. The summed E-state index contributed by atoms with van der Waals surface area (Å²) in [4.78, 5) is 105. The van der Waals surface area contributed by atoms with Gasteiger partial charge in [0.1, 0.15) is 34.0 Å². The van der Waals surface area contributed by atoms with Gasteiger partial charge in [0.2, 0.25) is 29.5 Å². The van der Waals surface area contributed by atoms with Gasteiger partial charge in [-0.15, -0.1) is 11.3 Å². The van der Waals surface area contributed by atoms with Gasteiger partial charge in [0, 0.05) is 67.7 Å².